The van der Waals surface area contributed by atoms with Crippen molar-refractivity contribution in [3.63, 3.8) is 0 Å². The molecule has 0 aliphatic carbocycles. The summed E-state index contributed by atoms with van der Waals surface area (Å²) >= 11 is 0. The highest BCUT2D eigenvalue weighted by Gasteiger charge is 2.33. The maximum absolute atomic E-state index is 12.2. The van der Waals surface area contributed by atoms with Crippen LogP contribution in [0.25, 0.3) is 0 Å². The standard InChI is InChI=1S/C9H11F3N4O3/c10-9(11,12)5-16(4-7(17)18)8(19)13-1-6-2-14-15-3-6/h2-3H,1,4-5H2,(H,13,19)(H,14,15)(H,17,18). The Morgan fingerprint density at radius 2 is 2.16 bits per heavy atom. The number of hydrogen-bond donors (Lipinski definition) is 3. The van der Waals surface area contributed by atoms with Crippen molar-refractivity contribution in [2.75, 3.05) is 13.1 Å². The zero-order valence-electron chi connectivity index (χ0n) is 9.57. The van der Waals surface area contributed by atoms with Gasteiger partial charge in [-0.1, -0.05) is 0 Å². The van der Waals surface area contributed by atoms with Gasteiger partial charge in [-0.15, -0.1) is 0 Å². The fraction of sp³-hybridized carbons (Fsp3) is 0.444. The Morgan fingerprint density at radius 1 is 1.47 bits per heavy atom. The molecule has 19 heavy (non-hydrogen) atoms. The highest BCUT2D eigenvalue weighted by molar-refractivity contribution is 5.80. The molecule has 7 nitrogen and oxygen atoms in total. The van der Waals surface area contributed by atoms with Crippen molar-refractivity contribution in [3.8, 4) is 0 Å². The molecular weight excluding hydrogens is 269 g/mol. The Labute approximate surface area is 105 Å². The topological polar surface area (TPSA) is 98.3 Å². The summed E-state index contributed by atoms with van der Waals surface area (Å²) in [6.07, 6.45) is -1.83. The number of hydrogen-bond acceptors (Lipinski definition) is 3. The van der Waals surface area contributed by atoms with Crippen molar-refractivity contribution in [1.82, 2.24) is 20.4 Å². The first-order valence-corrected chi connectivity index (χ1v) is 5.07. The second-order valence-electron chi connectivity index (χ2n) is 3.63. The van der Waals surface area contributed by atoms with Gasteiger partial charge in [-0.3, -0.25) is 9.89 Å². The minimum atomic E-state index is -4.66. The second kappa shape index (κ2) is 6.07. The smallest absolute Gasteiger partial charge is 0.406 e. The monoisotopic (exact) mass is 280 g/mol. The lowest BCUT2D eigenvalue weighted by Crippen LogP contribution is -2.46. The van der Waals surface area contributed by atoms with Gasteiger partial charge in [-0.2, -0.15) is 18.3 Å². The van der Waals surface area contributed by atoms with E-state index in [1.807, 2.05) is 0 Å². The van der Waals surface area contributed by atoms with Gasteiger partial charge in [0.25, 0.3) is 0 Å². The van der Waals surface area contributed by atoms with E-state index in [0.29, 0.717) is 5.56 Å². The van der Waals surface area contributed by atoms with Crippen molar-refractivity contribution in [2.24, 2.45) is 0 Å². The van der Waals surface area contributed by atoms with E-state index in [4.69, 9.17) is 5.11 Å². The van der Waals surface area contributed by atoms with E-state index in [1.165, 1.54) is 12.4 Å². The first-order valence-electron chi connectivity index (χ1n) is 5.07. The lowest BCUT2D eigenvalue weighted by molar-refractivity contribution is -0.148. The summed E-state index contributed by atoms with van der Waals surface area (Å²) in [4.78, 5) is 22.1. The highest BCUT2D eigenvalue weighted by Crippen LogP contribution is 2.16. The molecule has 0 radical (unpaired) electrons. The summed E-state index contributed by atoms with van der Waals surface area (Å²) in [5.74, 6) is -1.53. The molecule has 0 spiro atoms. The predicted octanol–water partition coefficient (Wildman–Crippen LogP) is 0.568. The van der Waals surface area contributed by atoms with Gasteiger partial charge in [0.05, 0.1) is 6.20 Å². The zero-order chi connectivity index (χ0) is 14.5. The van der Waals surface area contributed by atoms with Crippen LogP contribution in [0.15, 0.2) is 12.4 Å². The Kier molecular flexibility index (Phi) is 4.73. The van der Waals surface area contributed by atoms with Crippen LogP contribution in [-0.2, 0) is 11.3 Å². The van der Waals surface area contributed by atoms with Gasteiger partial charge in [0, 0.05) is 18.3 Å². The maximum Gasteiger partial charge on any atom is 0.406 e. The molecule has 1 rings (SSSR count). The van der Waals surface area contributed by atoms with Crippen LogP contribution in [-0.4, -0.2) is 51.5 Å². The van der Waals surface area contributed by atoms with Crippen molar-refractivity contribution in [2.45, 2.75) is 12.7 Å². The van der Waals surface area contributed by atoms with Gasteiger partial charge in [0.1, 0.15) is 13.1 Å². The van der Waals surface area contributed by atoms with Gasteiger partial charge in [-0.05, 0) is 0 Å². The molecule has 0 aliphatic rings. The molecule has 0 atom stereocenters. The molecule has 0 bridgehead atoms. The van der Waals surface area contributed by atoms with Crippen LogP contribution in [0, 0.1) is 0 Å². The van der Waals surface area contributed by atoms with E-state index < -0.39 is 31.3 Å². The number of carbonyl (C=O) groups excluding carboxylic acids is 1. The van der Waals surface area contributed by atoms with Gasteiger partial charge in [0.15, 0.2) is 0 Å². The molecule has 0 fully saturated rings. The lowest BCUT2D eigenvalue weighted by atomic mass is 10.3. The minimum absolute atomic E-state index is 0.0523. The van der Waals surface area contributed by atoms with Crippen LogP contribution in [0.3, 0.4) is 0 Å². The Morgan fingerprint density at radius 3 is 2.63 bits per heavy atom. The number of nitrogens with zero attached hydrogens (tertiary/aromatic N) is 2. The summed E-state index contributed by atoms with van der Waals surface area (Å²) in [6, 6.07) is -1.11. The quantitative estimate of drug-likeness (QED) is 0.734. The fourth-order valence-electron chi connectivity index (χ4n) is 1.24. The van der Waals surface area contributed by atoms with Crippen molar-refractivity contribution >= 4 is 12.0 Å². The van der Waals surface area contributed by atoms with Crippen molar-refractivity contribution in [3.05, 3.63) is 18.0 Å². The number of amides is 2. The van der Waals surface area contributed by atoms with Crippen LogP contribution in [0.2, 0.25) is 0 Å². The molecule has 0 aliphatic heterocycles. The van der Waals surface area contributed by atoms with Crippen LogP contribution < -0.4 is 5.32 Å². The number of carboxylic acid groups (broad SMARTS) is 1. The van der Waals surface area contributed by atoms with Gasteiger partial charge >= 0.3 is 18.2 Å². The Balaban J connectivity index is 2.57. The first kappa shape index (κ1) is 14.8. The summed E-state index contributed by atoms with van der Waals surface area (Å²) < 4.78 is 36.6. The molecule has 1 aromatic rings. The molecule has 1 heterocycles. The largest absolute Gasteiger partial charge is 0.480 e. The van der Waals surface area contributed by atoms with E-state index in [2.05, 4.69) is 15.5 Å². The number of aromatic amines is 1. The maximum atomic E-state index is 12.2. The third-order valence-electron chi connectivity index (χ3n) is 1.98. The Bertz CT molecular complexity index is 432. The van der Waals surface area contributed by atoms with E-state index in [0.717, 1.165) is 0 Å². The molecule has 3 N–H and O–H groups in total. The number of aromatic nitrogens is 2. The fourth-order valence-corrected chi connectivity index (χ4v) is 1.24. The third kappa shape index (κ3) is 5.75. The number of aliphatic carboxylic acids is 1. The van der Waals surface area contributed by atoms with Gasteiger partial charge < -0.3 is 15.3 Å². The lowest BCUT2D eigenvalue weighted by Gasteiger charge is -2.22. The molecule has 0 aromatic carbocycles. The number of H-pyrrole nitrogens is 1. The van der Waals surface area contributed by atoms with Crippen LogP contribution >= 0.6 is 0 Å². The molecule has 2 amide bonds. The number of nitrogens with one attached hydrogen (secondary N) is 2. The van der Waals surface area contributed by atoms with Crippen molar-refractivity contribution in [1.29, 1.82) is 0 Å². The SMILES string of the molecule is O=C(O)CN(CC(F)(F)F)C(=O)NCc1cn[nH]c1. The second-order valence-corrected chi connectivity index (χ2v) is 3.63. The summed E-state index contributed by atoms with van der Waals surface area (Å²) in [7, 11) is 0. The average Bonchev–Trinajstić information content (AvgIpc) is 2.75. The third-order valence-corrected chi connectivity index (χ3v) is 1.98. The van der Waals surface area contributed by atoms with E-state index in [-0.39, 0.29) is 11.4 Å². The minimum Gasteiger partial charge on any atom is -0.480 e. The van der Waals surface area contributed by atoms with E-state index >= 15 is 0 Å². The molecule has 0 saturated carbocycles. The van der Waals surface area contributed by atoms with E-state index in [1.54, 1.807) is 0 Å². The normalized spacial score (nSPS) is 11.1. The molecule has 106 valence electrons. The predicted molar refractivity (Wildman–Crippen MR) is 56.1 cm³/mol. The van der Waals surface area contributed by atoms with E-state index in [9.17, 15) is 22.8 Å². The number of alkyl halides is 3. The van der Waals surface area contributed by atoms with Crippen LogP contribution in [0.4, 0.5) is 18.0 Å². The number of halogens is 3. The first-order chi connectivity index (χ1) is 8.78. The Hall–Kier alpha value is -2.26. The summed E-state index contributed by atoms with van der Waals surface area (Å²) in [5, 5.41) is 16.7. The van der Waals surface area contributed by atoms with Crippen LogP contribution in [0.5, 0.6) is 0 Å². The molecule has 10 heteroatoms. The van der Waals surface area contributed by atoms with Gasteiger partial charge in [-0.25, -0.2) is 4.79 Å². The zero-order valence-corrected chi connectivity index (χ0v) is 9.57. The number of urea groups is 1. The highest BCUT2D eigenvalue weighted by atomic mass is 19.4. The molecule has 0 saturated heterocycles. The van der Waals surface area contributed by atoms with Gasteiger partial charge in [0.2, 0.25) is 0 Å². The van der Waals surface area contributed by atoms with Crippen LogP contribution in [0.1, 0.15) is 5.56 Å². The summed E-state index contributed by atoms with van der Waals surface area (Å²) in [6.45, 7) is -2.71. The summed E-state index contributed by atoms with van der Waals surface area (Å²) in [5.41, 5.74) is 0.552. The van der Waals surface area contributed by atoms with Crippen molar-refractivity contribution < 1.29 is 27.9 Å². The number of carboxylic acids is 1. The number of carbonyl (C=O) groups is 2. The molecular formula is C9H11F3N4O3. The molecule has 1 aromatic heterocycles. The number of rotatable bonds is 5. The molecule has 0 unspecified atom stereocenters. The average molecular weight is 280 g/mol.